The van der Waals surface area contributed by atoms with Crippen LogP contribution in [0.25, 0.3) is 0 Å². The van der Waals surface area contributed by atoms with Crippen molar-refractivity contribution in [2.24, 2.45) is 0 Å². The van der Waals surface area contributed by atoms with Gasteiger partial charge in [0.15, 0.2) is 0 Å². The van der Waals surface area contributed by atoms with Gasteiger partial charge in [-0.25, -0.2) is 8.78 Å². The van der Waals surface area contributed by atoms with Crippen LogP contribution in [0.5, 0.6) is 0 Å². The largest absolute Gasteiger partial charge is 0.340 e. The third-order valence-electron chi connectivity index (χ3n) is 6.82. The van der Waals surface area contributed by atoms with Gasteiger partial charge >= 0.3 is 0 Å². The lowest BCUT2D eigenvalue weighted by Gasteiger charge is -2.36. The van der Waals surface area contributed by atoms with Crippen molar-refractivity contribution in [3.63, 3.8) is 0 Å². The summed E-state index contributed by atoms with van der Waals surface area (Å²) in [4.78, 5) is 31.7. The van der Waals surface area contributed by atoms with E-state index in [-0.39, 0.29) is 23.4 Å². The molecule has 3 rings (SSSR count). The van der Waals surface area contributed by atoms with Gasteiger partial charge in [0.05, 0.1) is 0 Å². The highest BCUT2D eigenvalue weighted by molar-refractivity contribution is 5.94. The first-order valence-electron chi connectivity index (χ1n) is 13.3. The van der Waals surface area contributed by atoms with Crippen LogP contribution < -0.4 is 0 Å². The van der Waals surface area contributed by atoms with Gasteiger partial charge in [0.25, 0.3) is 5.91 Å². The molecule has 1 aliphatic heterocycles. The molecule has 0 spiro atoms. The van der Waals surface area contributed by atoms with Crippen LogP contribution in [0.2, 0.25) is 0 Å². The number of carbonyl (C=O) groups excluding carboxylic acids is 2. The third-order valence-corrected chi connectivity index (χ3v) is 6.82. The van der Waals surface area contributed by atoms with Crippen LogP contribution in [0.3, 0.4) is 0 Å². The lowest BCUT2D eigenvalue weighted by Crippen LogP contribution is -2.50. The minimum absolute atomic E-state index is 0.188. The molecule has 36 heavy (non-hydrogen) atoms. The summed E-state index contributed by atoms with van der Waals surface area (Å²) < 4.78 is 26.7. The molecule has 7 heteroatoms. The number of nitrogens with zero attached hydrogens (tertiary/aromatic N) is 3. The summed E-state index contributed by atoms with van der Waals surface area (Å²) in [6.07, 6.45) is 7.68. The molecule has 0 saturated carbocycles. The van der Waals surface area contributed by atoms with Crippen molar-refractivity contribution in [3.8, 4) is 0 Å². The zero-order chi connectivity index (χ0) is 25.8. The minimum atomic E-state index is -0.388. The van der Waals surface area contributed by atoms with E-state index < -0.39 is 0 Å². The molecule has 0 N–H and O–H groups in total. The first kappa shape index (κ1) is 27.8. The average Bonchev–Trinajstić information content (AvgIpc) is 2.90. The van der Waals surface area contributed by atoms with Crippen molar-refractivity contribution in [2.45, 2.75) is 58.4 Å². The minimum Gasteiger partial charge on any atom is -0.340 e. The molecule has 2 aromatic carbocycles. The summed E-state index contributed by atoms with van der Waals surface area (Å²) in [5.74, 6) is -0.652. The predicted octanol–water partition coefficient (Wildman–Crippen LogP) is 5.50. The van der Waals surface area contributed by atoms with E-state index in [9.17, 15) is 18.4 Å². The Kier molecular flexibility index (Phi) is 11.3. The van der Waals surface area contributed by atoms with Crippen LogP contribution in [0.15, 0.2) is 48.5 Å². The van der Waals surface area contributed by atoms with Crippen molar-refractivity contribution in [1.29, 1.82) is 0 Å². The fraction of sp³-hybridized carbons (Fsp3) is 0.517. The van der Waals surface area contributed by atoms with E-state index in [4.69, 9.17) is 0 Å². The van der Waals surface area contributed by atoms with Crippen LogP contribution in [0, 0.1) is 11.6 Å². The van der Waals surface area contributed by atoms with E-state index in [1.54, 1.807) is 17.0 Å². The molecular weight excluding hydrogens is 460 g/mol. The molecule has 2 aromatic rings. The highest BCUT2D eigenvalue weighted by Gasteiger charge is 2.22. The van der Waals surface area contributed by atoms with Crippen LogP contribution >= 0.6 is 0 Å². The first-order valence-corrected chi connectivity index (χ1v) is 13.3. The number of benzene rings is 2. The predicted molar refractivity (Wildman–Crippen MR) is 139 cm³/mol. The topological polar surface area (TPSA) is 43.9 Å². The molecule has 5 nitrogen and oxygen atoms in total. The Morgan fingerprint density at radius 2 is 1.39 bits per heavy atom. The molecule has 0 unspecified atom stereocenters. The lowest BCUT2D eigenvalue weighted by molar-refractivity contribution is -0.133. The fourth-order valence-electron chi connectivity index (χ4n) is 4.54. The van der Waals surface area contributed by atoms with E-state index >= 15 is 0 Å². The number of hydrogen-bond donors (Lipinski definition) is 0. The van der Waals surface area contributed by atoms with Crippen LogP contribution in [-0.4, -0.2) is 65.8 Å². The Morgan fingerprint density at radius 3 is 2.03 bits per heavy atom. The maximum absolute atomic E-state index is 13.4. The van der Waals surface area contributed by atoms with Crippen LogP contribution in [0.4, 0.5) is 8.78 Å². The van der Waals surface area contributed by atoms with Gasteiger partial charge in [0.1, 0.15) is 11.6 Å². The Morgan fingerprint density at radius 1 is 0.806 bits per heavy atom. The Labute approximate surface area is 214 Å². The van der Waals surface area contributed by atoms with Crippen molar-refractivity contribution < 1.29 is 18.4 Å². The second-order valence-corrected chi connectivity index (χ2v) is 9.60. The number of rotatable bonds is 13. The van der Waals surface area contributed by atoms with E-state index in [0.717, 1.165) is 31.5 Å². The fourth-order valence-corrected chi connectivity index (χ4v) is 4.54. The Balaban J connectivity index is 1.48. The molecule has 0 atom stereocenters. The zero-order valence-corrected chi connectivity index (χ0v) is 21.4. The summed E-state index contributed by atoms with van der Waals surface area (Å²) in [6, 6.07) is 11.7. The number of piperazine rings is 1. The molecular formula is C29H39F2N3O2. The van der Waals surface area contributed by atoms with Gasteiger partial charge in [-0.15, -0.1) is 0 Å². The van der Waals surface area contributed by atoms with Crippen molar-refractivity contribution in [2.75, 3.05) is 39.3 Å². The monoisotopic (exact) mass is 499 g/mol. The Hall–Kier alpha value is -2.80. The number of hydrogen-bond acceptors (Lipinski definition) is 3. The van der Waals surface area contributed by atoms with Gasteiger partial charge in [-0.1, -0.05) is 51.2 Å². The van der Waals surface area contributed by atoms with E-state index in [1.807, 2.05) is 4.90 Å². The van der Waals surface area contributed by atoms with E-state index in [2.05, 4.69) is 11.8 Å². The highest BCUT2D eigenvalue weighted by atomic mass is 19.1. The van der Waals surface area contributed by atoms with Crippen LogP contribution in [-0.2, 0) is 11.3 Å². The lowest BCUT2D eigenvalue weighted by atomic mass is 10.1. The van der Waals surface area contributed by atoms with Gasteiger partial charge in [-0.05, 0) is 48.4 Å². The first-order chi connectivity index (χ1) is 17.5. The maximum atomic E-state index is 13.4. The standard InChI is InChI=1S/C29H39F2N3O2/c1-2-3-4-5-6-7-8-28(35)33-20-17-32(18-21-33)19-22-34(23-24-9-13-26(30)14-10-24)29(36)25-11-15-27(31)16-12-25/h9-16H,2-8,17-23H2,1H3. The summed E-state index contributed by atoms with van der Waals surface area (Å²) in [5, 5.41) is 0. The van der Waals surface area contributed by atoms with Gasteiger partial charge in [-0.2, -0.15) is 0 Å². The summed E-state index contributed by atoms with van der Waals surface area (Å²) >= 11 is 0. The van der Waals surface area contributed by atoms with Gasteiger partial charge in [-0.3, -0.25) is 14.5 Å². The zero-order valence-electron chi connectivity index (χ0n) is 21.4. The quantitative estimate of drug-likeness (QED) is 0.342. The number of unbranched alkanes of at least 4 members (excludes halogenated alkanes) is 5. The summed E-state index contributed by atoms with van der Waals surface area (Å²) in [5.41, 5.74) is 1.25. The van der Waals surface area contributed by atoms with Gasteiger partial charge in [0.2, 0.25) is 5.91 Å². The second-order valence-electron chi connectivity index (χ2n) is 9.60. The SMILES string of the molecule is CCCCCCCCC(=O)N1CCN(CCN(Cc2ccc(F)cc2)C(=O)c2ccc(F)cc2)CC1. The summed E-state index contributed by atoms with van der Waals surface area (Å²) in [7, 11) is 0. The molecule has 0 aromatic heterocycles. The maximum Gasteiger partial charge on any atom is 0.254 e. The van der Waals surface area contributed by atoms with Crippen molar-refractivity contribution in [3.05, 3.63) is 71.3 Å². The molecule has 1 saturated heterocycles. The summed E-state index contributed by atoms with van der Waals surface area (Å²) in [6.45, 7) is 6.67. The molecule has 1 fully saturated rings. The van der Waals surface area contributed by atoms with Crippen molar-refractivity contribution in [1.82, 2.24) is 14.7 Å². The molecule has 0 aliphatic carbocycles. The normalized spacial score (nSPS) is 14.1. The second kappa shape index (κ2) is 14.7. The van der Waals surface area contributed by atoms with Crippen LogP contribution in [0.1, 0.15) is 67.8 Å². The molecule has 1 heterocycles. The molecule has 1 aliphatic rings. The number of carbonyl (C=O) groups is 2. The average molecular weight is 500 g/mol. The molecule has 0 radical (unpaired) electrons. The number of halogens is 2. The van der Waals surface area contributed by atoms with Gasteiger partial charge in [0, 0.05) is 57.8 Å². The Bertz CT molecular complexity index is 942. The third kappa shape index (κ3) is 9.01. The molecule has 2 amide bonds. The molecule has 0 bridgehead atoms. The smallest absolute Gasteiger partial charge is 0.254 e. The van der Waals surface area contributed by atoms with E-state index in [1.165, 1.54) is 62.1 Å². The van der Waals surface area contributed by atoms with Gasteiger partial charge < -0.3 is 9.80 Å². The van der Waals surface area contributed by atoms with Crippen molar-refractivity contribution >= 4 is 11.8 Å². The highest BCUT2D eigenvalue weighted by Crippen LogP contribution is 2.14. The van der Waals surface area contributed by atoms with E-state index in [0.29, 0.717) is 44.7 Å². The number of amides is 2. The molecule has 196 valence electrons.